The van der Waals surface area contributed by atoms with Crippen molar-refractivity contribution in [2.45, 2.75) is 453 Å². The van der Waals surface area contributed by atoms with Crippen molar-refractivity contribution in [2.24, 2.45) is 23.7 Å². The van der Waals surface area contributed by atoms with E-state index in [4.69, 9.17) is 37.0 Å². The number of phosphoric acid groups is 2. The standard InChI is InChI=1S/C84H164O17P2/c1-9-76(7)62-54-46-38-32-26-22-18-13-11-12-14-19-23-27-33-39-48-56-64-81(86)94-70-79(100-83(88)66-58-50-40-34-28-24-20-16-15-17-21-25-30-36-44-52-60-74(3)4)72-98-102(90,91)96-68-78(85)69-97-103(92,93)99-73-80(71-95-82(87)65-57-49-43-42-47-55-63-77(8)10-2)101-84(89)67-59-51-41-35-29-31-37-45-53-61-75(5)6/h74-80,85H,9-73H2,1-8H3,(H,90,91)(H,92,93)/t76?,77?,78-,79-,80-/m1/s1. The second-order valence-electron chi connectivity index (χ2n) is 31.7. The molecule has 0 saturated carbocycles. The summed E-state index contributed by atoms with van der Waals surface area (Å²) in [6.07, 6.45) is 61.2. The largest absolute Gasteiger partial charge is 0.472 e. The van der Waals surface area contributed by atoms with Crippen molar-refractivity contribution in [1.82, 2.24) is 0 Å². The molecule has 0 aliphatic carbocycles. The maximum Gasteiger partial charge on any atom is 0.472 e. The average molecular weight is 1510 g/mol. The molecule has 19 heteroatoms. The van der Waals surface area contributed by atoms with Gasteiger partial charge >= 0.3 is 39.5 Å². The third-order valence-electron chi connectivity index (χ3n) is 20.3. The summed E-state index contributed by atoms with van der Waals surface area (Å²) in [7, 11) is -9.92. The van der Waals surface area contributed by atoms with Gasteiger partial charge in [-0.25, -0.2) is 9.13 Å². The molecule has 17 nitrogen and oxygen atoms in total. The molecule has 0 spiro atoms. The molecule has 0 saturated heterocycles. The molecule has 7 atom stereocenters. The third kappa shape index (κ3) is 75.3. The molecule has 103 heavy (non-hydrogen) atoms. The molecular weight excluding hydrogens is 1340 g/mol. The quantitative estimate of drug-likeness (QED) is 0.0222. The van der Waals surface area contributed by atoms with Crippen LogP contribution in [0, 0.1) is 23.7 Å². The maximum atomic E-state index is 13.1. The van der Waals surface area contributed by atoms with E-state index < -0.39 is 97.5 Å². The van der Waals surface area contributed by atoms with Crippen LogP contribution < -0.4 is 0 Å². The average Bonchev–Trinajstić information content (AvgIpc) is 0.915. The number of rotatable bonds is 81. The molecule has 3 N–H and O–H groups in total. The zero-order valence-corrected chi connectivity index (χ0v) is 69.7. The van der Waals surface area contributed by atoms with Gasteiger partial charge in [0.1, 0.15) is 19.3 Å². The summed E-state index contributed by atoms with van der Waals surface area (Å²) in [6.45, 7) is 14.3. The highest BCUT2D eigenvalue weighted by atomic mass is 31.2. The van der Waals surface area contributed by atoms with Crippen molar-refractivity contribution in [3.05, 3.63) is 0 Å². The van der Waals surface area contributed by atoms with E-state index >= 15 is 0 Å². The lowest BCUT2D eigenvalue weighted by Crippen LogP contribution is -2.30. The molecule has 4 unspecified atom stereocenters. The van der Waals surface area contributed by atoms with E-state index in [-0.39, 0.29) is 25.7 Å². The number of aliphatic hydroxyl groups is 1. The lowest BCUT2D eigenvalue weighted by Gasteiger charge is -2.21. The molecule has 0 heterocycles. The number of esters is 4. The SMILES string of the molecule is CCC(C)CCCCCCCCCCCCCCCCCCCCC(=O)OC[C@H](COP(=O)(O)OC[C@@H](O)COP(=O)(O)OC[C@@H](COC(=O)CCCCCCCCC(C)CC)OC(=O)CCCCCCCCCCCC(C)C)OC(=O)CCCCCCCCCCCCCCCCCCC(C)C. The van der Waals surface area contributed by atoms with E-state index in [9.17, 15) is 43.2 Å². The Bertz CT molecular complexity index is 2010. The molecule has 0 aromatic carbocycles. The van der Waals surface area contributed by atoms with Gasteiger partial charge in [-0.05, 0) is 49.4 Å². The van der Waals surface area contributed by atoms with Crippen LogP contribution in [0.3, 0.4) is 0 Å². The summed E-state index contributed by atoms with van der Waals surface area (Å²) in [6, 6.07) is 0. The molecule has 0 aliphatic heterocycles. The van der Waals surface area contributed by atoms with Gasteiger partial charge in [-0.2, -0.15) is 0 Å². The Morgan fingerprint density at radius 2 is 0.466 bits per heavy atom. The van der Waals surface area contributed by atoms with Crippen molar-refractivity contribution in [3.63, 3.8) is 0 Å². The first-order valence-electron chi connectivity index (χ1n) is 43.3. The summed E-state index contributed by atoms with van der Waals surface area (Å²) < 4.78 is 68.8. The summed E-state index contributed by atoms with van der Waals surface area (Å²) in [5, 5.41) is 10.7. The number of phosphoric ester groups is 2. The number of carbonyl (C=O) groups excluding carboxylic acids is 4. The predicted molar refractivity (Wildman–Crippen MR) is 423 cm³/mol. The summed E-state index contributed by atoms with van der Waals surface area (Å²) >= 11 is 0. The van der Waals surface area contributed by atoms with E-state index in [2.05, 4.69) is 55.4 Å². The molecule has 0 rings (SSSR count). The Hall–Kier alpha value is -1.94. The van der Waals surface area contributed by atoms with Crippen molar-refractivity contribution in [1.29, 1.82) is 0 Å². The highest BCUT2D eigenvalue weighted by Crippen LogP contribution is 2.45. The minimum atomic E-state index is -4.97. The molecule has 0 bridgehead atoms. The Kier molecular flexibility index (Phi) is 71.5. The van der Waals surface area contributed by atoms with Crippen molar-refractivity contribution >= 4 is 39.5 Å². The van der Waals surface area contributed by atoms with E-state index in [1.54, 1.807) is 0 Å². The summed E-state index contributed by atoms with van der Waals surface area (Å²) in [4.78, 5) is 73.1. The smallest absolute Gasteiger partial charge is 0.462 e. The van der Waals surface area contributed by atoms with Crippen LogP contribution in [0.4, 0.5) is 0 Å². The zero-order valence-electron chi connectivity index (χ0n) is 68.0. The normalized spacial score (nSPS) is 14.5. The van der Waals surface area contributed by atoms with E-state index in [0.717, 1.165) is 120 Å². The Labute approximate surface area is 632 Å². The fourth-order valence-electron chi connectivity index (χ4n) is 12.9. The number of hydrogen-bond acceptors (Lipinski definition) is 15. The molecule has 612 valence electrons. The van der Waals surface area contributed by atoms with Crippen molar-refractivity contribution < 1.29 is 80.2 Å². The van der Waals surface area contributed by atoms with Gasteiger partial charge in [-0.1, -0.05) is 383 Å². The van der Waals surface area contributed by atoms with Gasteiger partial charge in [-0.15, -0.1) is 0 Å². The van der Waals surface area contributed by atoms with Gasteiger partial charge in [-0.3, -0.25) is 37.3 Å². The second-order valence-corrected chi connectivity index (χ2v) is 34.6. The molecule has 0 radical (unpaired) electrons. The lowest BCUT2D eigenvalue weighted by molar-refractivity contribution is -0.161. The molecular formula is C84H164O17P2. The topological polar surface area (TPSA) is 237 Å². The maximum absolute atomic E-state index is 13.1. The number of unbranched alkanes of at least 4 members (excludes halogenated alkanes) is 45. The summed E-state index contributed by atoms with van der Waals surface area (Å²) in [5.74, 6) is 1.04. The van der Waals surface area contributed by atoms with Gasteiger partial charge in [0.05, 0.1) is 26.4 Å². The molecule has 0 fully saturated rings. The monoisotopic (exact) mass is 1510 g/mol. The van der Waals surface area contributed by atoms with Crippen LogP contribution in [0.15, 0.2) is 0 Å². The summed E-state index contributed by atoms with van der Waals surface area (Å²) in [5.41, 5.74) is 0. The number of ether oxygens (including phenoxy) is 4. The minimum Gasteiger partial charge on any atom is -0.462 e. The number of aliphatic hydroxyl groups excluding tert-OH is 1. The van der Waals surface area contributed by atoms with E-state index in [0.29, 0.717) is 25.7 Å². The first-order valence-corrected chi connectivity index (χ1v) is 46.3. The van der Waals surface area contributed by atoms with Crippen LogP contribution in [0.1, 0.15) is 434 Å². The Balaban J connectivity index is 5.21. The van der Waals surface area contributed by atoms with Gasteiger partial charge in [0, 0.05) is 25.7 Å². The predicted octanol–water partition coefficient (Wildman–Crippen LogP) is 25.2. The van der Waals surface area contributed by atoms with Gasteiger partial charge in [0.2, 0.25) is 0 Å². The van der Waals surface area contributed by atoms with Crippen LogP contribution in [0.2, 0.25) is 0 Å². The fraction of sp³-hybridized carbons (Fsp3) is 0.952. The molecule has 0 aliphatic rings. The number of carbonyl (C=O) groups is 4. The van der Waals surface area contributed by atoms with Gasteiger partial charge in [0.15, 0.2) is 12.2 Å². The fourth-order valence-corrected chi connectivity index (χ4v) is 14.5. The lowest BCUT2D eigenvalue weighted by atomic mass is 9.99. The van der Waals surface area contributed by atoms with Crippen molar-refractivity contribution in [2.75, 3.05) is 39.6 Å². The van der Waals surface area contributed by atoms with E-state index in [1.165, 1.54) is 231 Å². The van der Waals surface area contributed by atoms with Crippen LogP contribution in [0.25, 0.3) is 0 Å². The zero-order chi connectivity index (χ0) is 76.0. The number of hydrogen-bond donors (Lipinski definition) is 3. The Morgan fingerprint density at radius 1 is 0.272 bits per heavy atom. The molecule has 0 aromatic heterocycles. The first kappa shape index (κ1) is 101. The van der Waals surface area contributed by atoms with Gasteiger partial charge < -0.3 is 33.8 Å². The van der Waals surface area contributed by atoms with Crippen molar-refractivity contribution in [3.8, 4) is 0 Å². The van der Waals surface area contributed by atoms with Crippen LogP contribution in [-0.4, -0.2) is 96.7 Å². The minimum absolute atomic E-state index is 0.104. The van der Waals surface area contributed by atoms with E-state index in [1.807, 2.05) is 0 Å². The first-order chi connectivity index (χ1) is 49.7. The molecule has 0 amide bonds. The molecule has 0 aromatic rings. The highest BCUT2D eigenvalue weighted by Gasteiger charge is 2.30. The highest BCUT2D eigenvalue weighted by molar-refractivity contribution is 7.47. The van der Waals surface area contributed by atoms with Gasteiger partial charge in [0.25, 0.3) is 0 Å². The van der Waals surface area contributed by atoms with Crippen LogP contribution >= 0.6 is 15.6 Å². The Morgan fingerprint density at radius 3 is 0.689 bits per heavy atom. The van der Waals surface area contributed by atoms with Crippen LogP contribution in [0.5, 0.6) is 0 Å². The van der Waals surface area contributed by atoms with Crippen LogP contribution in [-0.2, 0) is 65.4 Å². The second kappa shape index (κ2) is 72.9. The third-order valence-corrected chi connectivity index (χ3v) is 22.2.